The van der Waals surface area contributed by atoms with Gasteiger partial charge in [-0.05, 0) is 22.6 Å². The number of aromatic nitrogens is 2. The van der Waals surface area contributed by atoms with Crippen molar-refractivity contribution in [1.82, 2.24) is 9.97 Å². The van der Waals surface area contributed by atoms with Crippen LogP contribution in [0.3, 0.4) is 0 Å². The first-order valence-electron chi connectivity index (χ1n) is 5.92. The van der Waals surface area contributed by atoms with Crippen molar-refractivity contribution >= 4 is 28.4 Å². The molecule has 1 fully saturated rings. The van der Waals surface area contributed by atoms with Crippen LogP contribution in [0, 0.1) is 3.57 Å². The van der Waals surface area contributed by atoms with Gasteiger partial charge in [-0.2, -0.15) is 0 Å². The molecule has 0 aromatic carbocycles. The van der Waals surface area contributed by atoms with Gasteiger partial charge in [-0.3, -0.25) is 0 Å². The van der Waals surface area contributed by atoms with Gasteiger partial charge in [-0.1, -0.05) is 20.8 Å². The Morgan fingerprint density at radius 3 is 2.56 bits per heavy atom. The SMILES string of the molecule is CC(C)(C)c1nc(C2COCCO2)nc(N)c1I. The van der Waals surface area contributed by atoms with Gasteiger partial charge < -0.3 is 15.2 Å². The van der Waals surface area contributed by atoms with Crippen LogP contribution >= 0.6 is 22.6 Å². The Labute approximate surface area is 121 Å². The average Bonchev–Trinajstić information content (AvgIpc) is 2.32. The third-order valence-corrected chi connectivity index (χ3v) is 3.77. The fourth-order valence-corrected chi connectivity index (χ4v) is 2.81. The lowest BCUT2D eigenvalue weighted by atomic mass is 9.92. The van der Waals surface area contributed by atoms with Crippen LogP contribution in [0.4, 0.5) is 5.82 Å². The van der Waals surface area contributed by atoms with Crippen LogP contribution in [0.2, 0.25) is 0 Å². The number of ether oxygens (including phenoxy) is 2. The summed E-state index contributed by atoms with van der Waals surface area (Å²) < 4.78 is 11.9. The van der Waals surface area contributed by atoms with E-state index in [0.717, 1.165) is 9.26 Å². The molecular weight excluding hydrogens is 345 g/mol. The number of hydrogen-bond acceptors (Lipinski definition) is 5. The van der Waals surface area contributed by atoms with Gasteiger partial charge in [0.2, 0.25) is 0 Å². The zero-order chi connectivity index (χ0) is 13.3. The minimum absolute atomic E-state index is 0.0716. The van der Waals surface area contributed by atoms with Crippen LogP contribution in [0.5, 0.6) is 0 Å². The molecule has 2 N–H and O–H groups in total. The first-order valence-corrected chi connectivity index (χ1v) is 7.00. The van der Waals surface area contributed by atoms with Crippen LogP contribution < -0.4 is 5.73 Å². The van der Waals surface area contributed by atoms with E-state index >= 15 is 0 Å². The summed E-state index contributed by atoms with van der Waals surface area (Å²) in [6.45, 7) is 8.02. The normalized spacial score (nSPS) is 21.0. The lowest BCUT2D eigenvalue weighted by molar-refractivity contribution is -0.0936. The van der Waals surface area contributed by atoms with Gasteiger partial charge in [-0.15, -0.1) is 0 Å². The maximum absolute atomic E-state index is 5.97. The Hall–Kier alpha value is -0.470. The van der Waals surface area contributed by atoms with E-state index in [1.807, 2.05) is 0 Å². The summed E-state index contributed by atoms with van der Waals surface area (Å²) in [6.07, 6.45) is -0.209. The lowest BCUT2D eigenvalue weighted by Crippen LogP contribution is -2.26. The van der Waals surface area contributed by atoms with Crippen molar-refractivity contribution in [3.05, 3.63) is 15.1 Å². The summed E-state index contributed by atoms with van der Waals surface area (Å²) >= 11 is 2.20. The van der Waals surface area contributed by atoms with Crippen LogP contribution in [0.1, 0.15) is 38.4 Å². The Morgan fingerprint density at radius 1 is 1.28 bits per heavy atom. The van der Waals surface area contributed by atoms with E-state index in [9.17, 15) is 0 Å². The second kappa shape index (κ2) is 5.26. The van der Waals surface area contributed by atoms with Crippen LogP contribution in [0.15, 0.2) is 0 Å². The number of halogens is 1. The Morgan fingerprint density at radius 2 is 2.00 bits per heavy atom. The third-order valence-electron chi connectivity index (χ3n) is 2.71. The monoisotopic (exact) mass is 363 g/mol. The third kappa shape index (κ3) is 2.92. The molecule has 1 aliphatic heterocycles. The Kier molecular flexibility index (Phi) is 4.08. The van der Waals surface area contributed by atoms with E-state index in [0.29, 0.717) is 31.5 Å². The van der Waals surface area contributed by atoms with E-state index in [1.165, 1.54) is 0 Å². The molecule has 1 aromatic rings. The molecule has 0 spiro atoms. The summed E-state index contributed by atoms with van der Waals surface area (Å²) in [5.74, 6) is 1.14. The number of anilines is 1. The van der Waals surface area contributed by atoms with Gasteiger partial charge in [0.05, 0.1) is 29.1 Å². The molecule has 0 aliphatic carbocycles. The summed E-state index contributed by atoms with van der Waals surface area (Å²) in [6, 6.07) is 0. The molecule has 5 nitrogen and oxygen atoms in total. The van der Waals surface area contributed by atoms with E-state index in [1.54, 1.807) is 0 Å². The van der Waals surface area contributed by atoms with Crippen molar-refractivity contribution < 1.29 is 9.47 Å². The molecule has 6 heteroatoms. The highest BCUT2D eigenvalue weighted by molar-refractivity contribution is 14.1. The average molecular weight is 363 g/mol. The highest BCUT2D eigenvalue weighted by Crippen LogP contribution is 2.30. The molecule has 18 heavy (non-hydrogen) atoms. The van der Waals surface area contributed by atoms with E-state index in [-0.39, 0.29) is 11.5 Å². The molecule has 2 rings (SSSR count). The highest BCUT2D eigenvalue weighted by atomic mass is 127. The van der Waals surface area contributed by atoms with Gasteiger partial charge in [0.25, 0.3) is 0 Å². The number of rotatable bonds is 1. The van der Waals surface area contributed by atoms with Gasteiger partial charge in [0, 0.05) is 5.41 Å². The van der Waals surface area contributed by atoms with Gasteiger partial charge >= 0.3 is 0 Å². The minimum atomic E-state index is -0.209. The molecule has 1 unspecified atom stereocenters. The summed E-state index contributed by atoms with van der Waals surface area (Å²) in [4.78, 5) is 8.95. The maximum atomic E-state index is 5.97. The fourth-order valence-electron chi connectivity index (χ4n) is 1.76. The molecule has 100 valence electrons. The molecule has 2 heterocycles. The van der Waals surface area contributed by atoms with Crippen molar-refractivity contribution in [1.29, 1.82) is 0 Å². The van der Waals surface area contributed by atoms with Crippen molar-refractivity contribution in [3.8, 4) is 0 Å². The van der Waals surface area contributed by atoms with Crippen LogP contribution in [0.25, 0.3) is 0 Å². The number of nitrogen functional groups attached to an aromatic ring is 1. The summed E-state index contributed by atoms with van der Waals surface area (Å²) in [7, 11) is 0. The van der Waals surface area contributed by atoms with E-state index in [4.69, 9.17) is 15.2 Å². The molecule has 1 saturated heterocycles. The molecule has 0 saturated carbocycles. The quantitative estimate of drug-likeness (QED) is 0.774. The van der Waals surface area contributed by atoms with Crippen molar-refractivity contribution in [2.75, 3.05) is 25.6 Å². The zero-order valence-corrected chi connectivity index (χ0v) is 13.0. The molecule has 0 radical (unpaired) electrons. The Bertz CT molecular complexity index is 440. The molecule has 1 aliphatic rings. The summed E-state index contributed by atoms with van der Waals surface area (Å²) in [5.41, 5.74) is 6.86. The molecular formula is C12H18IN3O2. The van der Waals surface area contributed by atoms with E-state index < -0.39 is 0 Å². The first kappa shape index (κ1) is 14.0. The van der Waals surface area contributed by atoms with Gasteiger partial charge in [0.1, 0.15) is 11.9 Å². The Balaban J connectivity index is 2.40. The highest BCUT2D eigenvalue weighted by Gasteiger charge is 2.26. The number of nitrogens with two attached hydrogens (primary N) is 1. The van der Waals surface area contributed by atoms with Crippen molar-refractivity contribution in [2.45, 2.75) is 32.3 Å². The molecule has 1 atom stereocenters. The van der Waals surface area contributed by atoms with Crippen LogP contribution in [-0.2, 0) is 14.9 Å². The second-order valence-electron chi connectivity index (χ2n) is 5.31. The zero-order valence-electron chi connectivity index (χ0n) is 10.9. The number of hydrogen-bond donors (Lipinski definition) is 1. The maximum Gasteiger partial charge on any atom is 0.162 e. The lowest BCUT2D eigenvalue weighted by Gasteiger charge is -2.25. The van der Waals surface area contributed by atoms with Crippen LogP contribution in [-0.4, -0.2) is 29.8 Å². The van der Waals surface area contributed by atoms with Crippen molar-refractivity contribution in [3.63, 3.8) is 0 Å². The van der Waals surface area contributed by atoms with Gasteiger partial charge in [-0.25, -0.2) is 9.97 Å². The largest absolute Gasteiger partial charge is 0.383 e. The predicted octanol–water partition coefficient (Wildman–Crippen LogP) is 2.05. The minimum Gasteiger partial charge on any atom is -0.383 e. The molecule has 1 aromatic heterocycles. The smallest absolute Gasteiger partial charge is 0.162 e. The predicted molar refractivity (Wildman–Crippen MR) is 77.4 cm³/mol. The first-order chi connectivity index (χ1) is 8.39. The van der Waals surface area contributed by atoms with E-state index in [2.05, 4.69) is 53.3 Å². The standard InChI is InChI=1S/C12H18IN3O2/c1-12(2,3)9-8(13)10(14)16-11(15-9)7-6-17-4-5-18-7/h7H,4-6H2,1-3H3,(H2,14,15,16). The topological polar surface area (TPSA) is 70.3 Å². The molecule has 0 bridgehead atoms. The molecule has 0 amide bonds. The second-order valence-corrected chi connectivity index (χ2v) is 6.39. The summed E-state index contributed by atoms with van der Waals surface area (Å²) in [5, 5.41) is 0. The van der Waals surface area contributed by atoms with Crippen molar-refractivity contribution in [2.24, 2.45) is 0 Å². The fraction of sp³-hybridized carbons (Fsp3) is 0.667. The van der Waals surface area contributed by atoms with Gasteiger partial charge in [0.15, 0.2) is 5.82 Å². The number of nitrogens with zero attached hydrogens (tertiary/aromatic N) is 2.